The Morgan fingerprint density at radius 3 is 0.825 bits per heavy atom. The Bertz CT molecular complexity index is 435. The fourth-order valence-corrected chi connectivity index (χ4v) is 5.38. The Balaban J connectivity index is 4.07. The van der Waals surface area contributed by atoms with Crippen LogP contribution in [0.3, 0.4) is 0 Å². The zero-order valence-electron chi connectivity index (χ0n) is 26.7. The molecule has 0 aromatic rings. The number of unbranched alkanes of at least 4 members (excludes halogenated alkanes) is 22. The van der Waals surface area contributed by atoms with Crippen molar-refractivity contribution in [1.82, 2.24) is 0 Å². The van der Waals surface area contributed by atoms with Crippen LogP contribution in [0.25, 0.3) is 0 Å². The lowest BCUT2D eigenvalue weighted by atomic mass is 10.0. The molecule has 6 heteroatoms. The minimum atomic E-state index is -1.16. The molecule has 0 radical (unpaired) electrons. The van der Waals surface area contributed by atoms with E-state index in [0.717, 1.165) is 25.7 Å². The highest BCUT2D eigenvalue weighted by Gasteiger charge is 2.34. The maximum Gasteiger partial charge on any atom is 0.114 e. The van der Waals surface area contributed by atoms with Crippen LogP contribution in [0.1, 0.15) is 168 Å². The summed E-state index contributed by atoms with van der Waals surface area (Å²) < 4.78 is 11.9. The van der Waals surface area contributed by atoms with Crippen LogP contribution in [-0.4, -0.2) is 71.3 Å². The van der Waals surface area contributed by atoms with Crippen molar-refractivity contribution in [2.24, 2.45) is 0 Å². The van der Waals surface area contributed by atoms with Crippen molar-refractivity contribution in [2.45, 2.75) is 192 Å². The number of hydrogen-bond donors (Lipinski definition) is 4. The average Bonchev–Trinajstić information content (AvgIpc) is 2.97. The molecule has 0 unspecified atom stereocenters. The molecule has 0 aliphatic carbocycles. The Hall–Kier alpha value is -0.240. The van der Waals surface area contributed by atoms with Gasteiger partial charge in [-0.1, -0.05) is 155 Å². The van der Waals surface area contributed by atoms with Crippen LogP contribution >= 0.6 is 0 Å². The number of rotatable bonds is 33. The molecule has 0 aliphatic heterocycles. The molecular weight excluding hydrogens is 504 g/mol. The first-order chi connectivity index (χ1) is 19.6. The predicted molar refractivity (Wildman–Crippen MR) is 168 cm³/mol. The van der Waals surface area contributed by atoms with Gasteiger partial charge in [0.05, 0.1) is 13.2 Å². The van der Waals surface area contributed by atoms with E-state index in [-0.39, 0.29) is 0 Å². The second-order valence-electron chi connectivity index (χ2n) is 11.9. The zero-order chi connectivity index (χ0) is 29.5. The van der Waals surface area contributed by atoms with Gasteiger partial charge in [0.25, 0.3) is 0 Å². The van der Waals surface area contributed by atoms with E-state index in [1.165, 1.54) is 128 Å². The van der Waals surface area contributed by atoms with Gasteiger partial charge in [-0.25, -0.2) is 0 Å². The first-order valence-electron chi connectivity index (χ1n) is 17.4. The van der Waals surface area contributed by atoms with Gasteiger partial charge in [-0.2, -0.15) is 0 Å². The number of aliphatic hydroxyl groups excluding tert-OH is 4. The lowest BCUT2D eigenvalue weighted by Gasteiger charge is -2.32. The van der Waals surface area contributed by atoms with Gasteiger partial charge < -0.3 is 29.9 Å². The molecule has 40 heavy (non-hydrogen) atoms. The third-order valence-corrected chi connectivity index (χ3v) is 8.07. The van der Waals surface area contributed by atoms with Crippen molar-refractivity contribution in [3.8, 4) is 0 Å². The third kappa shape index (κ3) is 24.4. The predicted octanol–water partition coefficient (Wildman–Crippen LogP) is 7.87. The van der Waals surface area contributed by atoms with Gasteiger partial charge in [0.2, 0.25) is 0 Å². The van der Waals surface area contributed by atoms with Gasteiger partial charge in [-0.3, -0.25) is 0 Å². The highest BCUT2D eigenvalue weighted by molar-refractivity contribution is 4.84. The summed E-state index contributed by atoms with van der Waals surface area (Å²) in [5.74, 6) is 0. The third-order valence-electron chi connectivity index (χ3n) is 8.07. The molecule has 242 valence electrons. The van der Waals surface area contributed by atoms with Crippen LogP contribution in [0.15, 0.2) is 0 Å². The van der Waals surface area contributed by atoms with Crippen molar-refractivity contribution in [3.63, 3.8) is 0 Å². The molecule has 0 bridgehead atoms. The Kier molecular flexibility index (Phi) is 31.5. The minimum Gasteiger partial charge on any atom is -0.394 e. The second kappa shape index (κ2) is 31.7. The maximum absolute atomic E-state index is 10.4. The van der Waals surface area contributed by atoms with Gasteiger partial charge in [0.1, 0.15) is 24.4 Å². The van der Waals surface area contributed by atoms with Crippen molar-refractivity contribution in [3.05, 3.63) is 0 Å². The summed E-state index contributed by atoms with van der Waals surface area (Å²) in [4.78, 5) is 0. The van der Waals surface area contributed by atoms with E-state index in [1.807, 2.05) is 0 Å². The molecule has 0 aliphatic rings. The van der Waals surface area contributed by atoms with Gasteiger partial charge in [0, 0.05) is 13.2 Å². The summed E-state index contributed by atoms with van der Waals surface area (Å²) in [5.41, 5.74) is 0. The van der Waals surface area contributed by atoms with E-state index in [4.69, 9.17) is 9.47 Å². The lowest BCUT2D eigenvalue weighted by Crippen LogP contribution is -2.50. The standard InChI is InChI=1S/C34H70O6/c1-3-5-7-9-11-13-15-17-19-21-23-25-27-39-33(31(37)29-35)34(32(38)30-36)40-28-26-24-22-20-18-16-14-12-10-8-6-4-2/h31-38H,3-30H2,1-2H3/t31-,32-,33-,34-/m1/s1. The topological polar surface area (TPSA) is 99.4 Å². The highest BCUT2D eigenvalue weighted by Crippen LogP contribution is 2.18. The molecular formula is C34H70O6. The van der Waals surface area contributed by atoms with Gasteiger partial charge in [-0.05, 0) is 12.8 Å². The number of ether oxygens (including phenoxy) is 2. The van der Waals surface area contributed by atoms with E-state index < -0.39 is 37.6 Å². The number of hydrogen-bond acceptors (Lipinski definition) is 6. The molecule has 4 atom stereocenters. The van der Waals surface area contributed by atoms with Crippen LogP contribution in [-0.2, 0) is 9.47 Å². The summed E-state index contributed by atoms with van der Waals surface area (Å²) in [6.45, 7) is 4.45. The van der Waals surface area contributed by atoms with E-state index >= 15 is 0 Å². The van der Waals surface area contributed by atoms with Crippen LogP contribution < -0.4 is 0 Å². The van der Waals surface area contributed by atoms with E-state index in [9.17, 15) is 20.4 Å². The highest BCUT2D eigenvalue weighted by atomic mass is 16.6. The van der Waals surface area contributed by atoms with Crippen molar-refractivity contribution < 1.29 is 29.9 Å². The first-order valence-corrected chi connectivity index (χ1v) is 17.4. The van der Waals surface area contributed by atoms with Crippen LogP contribution in [0.5, 0.6) is 0 Å². The second-order valence-corrected chi connectivity index (χ2v) is 11.9. The maximum atomic E-state index is 10.4. The fourth-order valence-electron chi connectivity index (χ4n) is 5.38. The van der Waals surface area contributed by atoms with Gasteiger partial charge in [0.15, 0.2) is 0 Å². The molecule has 0 saturated heterocycles. The molecule has 0 rings (SSSR count). The van der Waals surface area contributed by atoms with Crippen molar-refractivity contribution in [1.29, 1.82) is 0 Å². The quantitative estimate of drug-likeness (QED) is 0.0595. The smallest absolute Gasteiger partial charge is 0.114 e. The normalized spacial score (nSPS) is 14.8. The molecule has 4 N–H and O–H groups in total. The molecule has 0 heterocycles. The van der Waals surface area contributed by atoms with Crippen molar-refractivity contribution in [2.75, 3.05) is 26.4 Å². The average molecular weight is 575 g/mol. The van der Waals surface area contributed by atoms with Gasteiger partial charge >= 0.3 is 0 Å². The summed E-state index contributed by atoms with van der Waals surface area (Å²) in [6, 6.07) is 0. The molecule has 0 aromatic heterocycles. The van der Waals surface area contributed by atoms with Crippen molar-refractivity contribution >= 4 is 0 Å². The van der Waals surface area contributed by atoms with E-state index in [0.29, 0.717) is 13.2 Å². The Morgan fingerprint density at radius 2 is 0.600 bits per heavy atom. The largest absolute Gasteiger partial charge is 0.394 e. The first kappa shape index (κ1) is 39.8. The SMILES string of the molecule is CCCCCCCCCCCCCCO[C@@H]([C@H](OCCCCCCCCCCCCCC)[C@H](O)CO)[C@H](O)CO. The number of aliphatic hydroxyl groups is 4. The molecule has 0 saturated carbocycles. The molecule has 0 spiro atoms. The van der Waals surface area contributed by atoms with Crippen LogP contribution in [0.4, 0.5) is 0 Å². The van der Waals surface area contributed by atoms with E-state index in [1.54, 1.807) is 0 Å². The molecule has 0 amide bonds. The van der Waals surface area contributed by atoms with E-state index in [2.05, 4.69) is 13.8 Å². The molecule has 6 nitrogen and oxygen atoms in total. The summed E-state index contributed by atoms with van der Waals surface area (Å²) in [5, 5.41) is 39.9. The zero-order valence-corrected chi connectivity index (χ0v) is 26.7. The minimum absolute atomic E-state index is 0.440. The fraction of sp³-hybridized carbons (Fsp3) is 1.00. The Morgan fingerprint density at radius 1 is 0.375 bits per heavy atom. The molecule has 0 aromatic carbocycles. The van der Waals surface area contributed by atoms with Gasteiger partial charge in [-0.15, -0.1) is 0 Å². The monoisotopic (exact) mass is 575 g/mol. The lowest BCUT2D eigenvalue weighted by molar-refractivity contribution is -0.170. The summed E-state index contributed by atoms with van der Waals surface area (Å²) >= 11 is 0. The van der Waals surface area contributed by atoms with Crippen LogP contribution in [0, 0.1) is 0 Å². The Labute approximate surface area is 248 Å². The summed E-state index contributed by atoms with van der Waals surface area (Å²) in [7, 11) is 0. The summed E-state index contributed by atoms with van der Waals surface area (Å²) in [6.07, 6.45) is 26.1. The molecule has 0 fully saturated rings. The van der Waals surface area contributed by atoms with Crippen LogP contribution in [0.2, 0.25) is 0 Å².